The Bertz CT molecular complexity index is 626. The molecule has 1 aromatic carbocycles. The Hall–Kier alpha value is -3.24. The van der Waals surface area contributed by atoms with Gasteiger partial charge in [-0.05, 0) is 0 Å². The molecule has 11 nitrogen and oxygen atoms in total. The zero-order chi connectivity index (χ0) is 16.3. The molecule has 0 aromatic heterocycles. The van der Waals surface area contributed by atoms with Gasteiger partial charge in [-0.3, -0.25) is 29.8 Å². The zero-order valence-electron chi connectivity index (χ0n) is 10.1. The highest BCUT2D eigenvalue weighted by Gasteiger charge is 2.31. The van der Waals surface area contributed by atoms with Gasteiger partial charge in [0.15, 0.2) is 11.7 Å². The van der Waals surface area contributed by atoms with E-state index in [0.717, 1.165) is 0 Å². The third-order valence-electron chi connectivity index (χ3n) is 2.58. The van der Waals surface area contributed by atoms with Crippen molar-refractivity contribution in [2.75, 3.05) is 0 Å². The van der Waals surface area contributed by atoms with Crippen LogP contribution in [-0.2, 0) is 16.0 Å². The van der Waals surface area contributed by atoms with Gasteiger partial charge in [-0.2, -0.15) is 0 Å². The van der Waals surface area contributed by atoms with Gasteiger partial charge in [-0.1, -0.05) is 0 Å². The Labute approximate surface area is 115 Å². The van der Waals surface area contributed by atoms with E-state index in [4.69, 9.17) is 10.2 Å². The lowest BCUT2D eigenvalue weighted by atomic mass is 9.97. The standard InChI is InChI=1S/C10H8N2O9/c13-8-4(2-6(9(14)15)10(16)17)1-5(11(18)19)3-7(8)12(20)21/h1,3,6,13H,2H2,(H,14,15)(H,16,17). The van der Waals surface area contributed by atoms with Gasteiger partial charge in [0, 0.05) is 18.1 Å². The van der Waals surface area contributed by atoms with Crippen molar-refractivity contribution < 1.29 is 34.8 Å². The first-order valence-corrected chi connectivity index (χ1v) is 5.25. The minimum atomic E-state index is -2.00. The first-order chi connectivity index (χ1) is 9.65. The summed E-state index contributed by atoms with van der Waals surface area (Å²) in [6, 6.07) is 1.19. The summed E-state index contributed by atoms with van der Waals surface area (Å²) in [5.74, 6) is -6.48. The Morgan fingerprint density at radius 1 is 1.10 bits per heavy atom. The molecule has 1 aromatic rings. The molecule has 0 saturated heterocycles. The number of hydrogen-bond acceptors (Lipinski definition) is 7. The highest BCUT2D eigenvalue weighted by atomic mass is 16.6. The minimum Gasteiger partial charge on any atom is -0.502 e. The van der Waals surface area contributed by atoms with E-state index in [1.54, 1.807) is 0 Å². The molecular formula is C10H8N2O9. The van der Waals surface area contributed by atoms with Gasteiger partial charge in [0.2, 0.25) is 0 Å². The quantitative estimate of drug-likeness (QED) is 0.383. The zero-order valence-corrected chi connectivity index (χ0v) is 10.1. The Kier molecular flexibility index (Phi) is 4.38. The van der Waals surface area contributed by atoms with Crippen molar-refractivity contribution in [2.45, 2.75) is 6.42 Å². The largest absolute Gasteiger partial charge is 0.502 e. The maximum absolute atomic E-state index is 10.8. The van der Waals surface area contributed by atoms with Gasteiger partial charge in [0.1, 0.15) is 0 Å². The molecule has 0 fully saturated rings. The fourth-order valence-electron chi connectivity index (χ4n) is 1.56. The third-order valence-corrected chi connectivity index (χ3v) is 2.58. The second kappa shape index (κ2) is 5.81. The van der Waals surface area contributed by atoms with Crippen LogP contribution in [0.4, 0.5) is 11.4 Å². The summed E-state index contributed by atoms with van der Waals surface area (Å²) in [6.45, 7) is 0. The van der Waals surface area contributed by atoms with Crippen LogP contribution in [0.5, 0.6) is 5.75 Å². The van der Waals surface area contributed by atoms with Crippen molar-refractivity contribution in [3.05, 3.63) is 37.9 Å². The fourth-order valence-corrected chi connectivity index (χ4v) is 1.56. The smallest absolute Gasteiger partial charge is 0.318 e. The molecule has 1 rings (SSSR count). The molecule has 0 saturated carbocycles. The summed E-state index contributed by atoms with van der Waals surface area (Å²) in [6.07, 6.45) is -0.834. The highest BCUT2D eigenvalue weighted by molar-refractivity contribution is 5.93. The van der Waals surface area contributed by atoms with E-state index in [1.165, 1.54) is 0 Å². The number of nitrogens with zero attached hydrogens (tertiary/aromatic N) is 2. The minimum absolute atomic E-state index is 0.495. The molecule has 0 aliphatic rings. The summed E-state index contributed by atoms with van der Waals surface area (Å²) < 4.78 is 0. The molecule has 3 N–H and O–H groups in total. The Morgan fingerprint density at radius 2 is 1.62 bits per heavy atom. The van der Waals surface area contributed by atoms with E-state index in [2.05, 4.69) is 0 Å². The molecule has 11 heteroatoms. The molecule has 0 unspecified atom stereocenters. The third kappa shape index (κ3) is 3.40. The molecule has 0 atom stereocenters. The number of hydrogen-bond donors (Lipinski definition) is 3. The molecule has 0 spiro atoms. The molecule has 21 heavy (non-hydrogen) atoms. The van der Waals surface area contributed by atoms with Crippen molar-refractivity contribution in [3.8, 4) is 5.75 Å². The number of nitro benzene ring substituents is 2. The normalized spacial score (nSPS) is 10.3. The van der Waals surface area contributed by atoms with Crippen molar-refractivity contribution >= 4 is 23.3 Å². The topological polar surface area (TPSA) is 181 Å². The number of phenols is 1. The Morgan fingerprint density at radius 3 is 2.00 bits per heavy atom. The number of benzene rings is 1. The van der Waals surface area contributed by atoms with Crippen LogP contribution in [0.25, 0.3) is 0 Å². The van der Waals surface area contributed by atoms with E-state index in [1.807, 2.05) is 0 Å². The van der Waals surface area contributed by atoms with Gasteiger partial charge in [0.25, 0.3) is 5.69 Å². The van der Waals surface area contributed by atoms with Gasteiger partial charge >= 0.3 is 17.6 Å². The molecule has 0 heterocycles. The molecule has 0 radical (unpaired) electrons. The van der Waals surface area contributed by atoms with Gasteiger partial charge in [0.05, 0.1) is 15.9 Å². The monoisotopic (exact) mass is 300 g/mol. The first-order valence-electron chi connectivity index (χ1n) is 5.25. The number of aromatic hydroxyl groups is 1. The number of rotatable bonds is 6. The van der Waals surface area contributed by atoms with Crippen LogP contribution in [0.15, 0.2) is 12.1 Å². The molecule has 0 bridgehead atoms. The average molecular weight is 300 g/mol. The van der Waals surface area contributed by atoms with E-state index in [0.29, 0.717) is 12.1 Å². The van der Waals surface area contributed by atoms with Crippen molar-refractivity contribution in [2.24, 2.45) is 5.92 Å². The second-order valence-electron chi connectivity index (χ2n) is 3.92. The molecular weight excluding hydrogens is 292 g/mol. The lowest BCUT2D eigenvalue weighted by Crippen LogP contribution is -2.25. The van der Waals surface area contributed by atoms with Gasteiger partial charge in [-0.25, -0.2) is 0 Å². The number of carboxylic acids is 2. The summed E-state index contributed by atoms with van der Waals surface area (Å²) in [7, 11) is 0. The summed E-state index contributed by atoms with van der Waals surface area (Å²) >= 11 is 0. The van der Waals surface area contributed by atoms with Gasteiger partial charge < -0.3 is 15.3 Å². The second-order valence-corrected chi connectivity index (χ2v) is 3.92. The van der Waals surface area contributed by atoms with Crippen LogP contribution in [-0.4, -0.2) is 37.1 Å². The van der Waals surface area contributed by atoms with E-state index < -0.39 is 56.8 Å². The number of aliphatic carboxylic acids is 2. The van der Waals surface area contributed by atoms with Crippen molar-refractivity contribution in [1.29, 1.82) is 0 Å². The van der Waals surface area contributed by atoms with Crippen LogP contribution in [0.2, 0.25) is 0 Å². The number of non-ortho nitro benzene ring substituents is 1. The lowest BCUT2D eigenvalue weighted by molar-refractivity contribution is -0.394. The number of carbonyl (C=O) groups is 2. The van der Waals surface area contributed by atoms with Crippen LogP contribution in [0.3, 0.4) is 0 Å². The van der Waals surface area contributed by atoms with Crippen LogP contribution < -0.4 is 0 Å². The average Bonchev–Trinajstić information content (AvgIpc) is 2.35. The first kappa shape index (κ1) is 15.8. The van der Waals surface area contributed by atoms with Gasteiger partial charge in [-0.15, -0.1) is 0 Å². The van der Waals surface area contributed by atoms with Crippen LogP contribution in [0.1, 0.15) is 5.56 Å². The molecule has 0 aliphatic carbocycles. The van der Waals surface area contributed by atoms with E-state index in [9.17, 15) is 34.9 Å². The van der Waals surface area contributed by atoms with E-state index >= 15 is 0 Å². The molecule has 0 amide bonds. The van der Waals surface area contributed by atoms with E-state index in [-0.39, 0.29) is 0 Å². The fraction of sp³-hybridized carbons (Fsp3) is 0.200. The van der Waals surface area contributed by atoms with Crippen LogP contribution >= 0.6 is 0 Å². The number of nitro groups is 2. The van der Waals surface area contributed by atoms with Crippen LogP contribution in [0, 0.1) is 26.1 Å². The lowest BCUT2D eigenvalue weighted by Gasteiger charge is -2.09. The Balaban J connectivity index is 3.40. The summed E-state index contributed by atoms with van der Waals surface area (Å²) in [5.41, 5.74) is -2.27. The van der Waals surface area contributed by atoms with Crippen molar-refractivity contribution in [3.63, 3.8) is 0 Å². The highest BCUT2D eigenvalue weighted by Crippen LogP contribution is 2.35. The van der Waals surface area contributed by atoms with Crippen molar-refractivity contribution in [1.82, 2.24) is 0 Å². The maximum Gasteiger partial charge on any atom is 0.318 e. The number of carboxylic acid groups (broad SMARTS) is 2. The summed E-state index contributed by atoms with van der Waals surface area (Å²) in [4.78, 5) is 40.8. The SMILES string of the molecule is O=C(O)C(Cc1cc([N+](=O)[O-])cc([N+](=O)[O-])c1O)C(=O)O. The predicted molar refractivity (Wildman–Crippen MR) is 63.9 cm³/mol. The maximum atomic E-state index is 10.8. The summed E-state index contributed by atoms with van der Waals surface area (Å²) in [5, 5.41) is 48.4. The number of phenolic OH excluding ortho intramolecular Hbond substituents is 1. The predicted octanol–water partition coefficient (Wildman–Crippen LogP) is 0.536. The molecule has 0 aliphatic heterocycles. The molecule has 112 valence electrons.